The second-order valence-electron chi connectivity index (χ2n) is 7.72. The molecule has 2 aromatic rings. The fourth-order valence-corrected chi connectivity index (χ4v) is 3.48. The third-order valence-electron chi connectivity index (χ3n) is 5.29. The number of nitrogens with zero attached hydrogens (tertiary/aromatic N) is 1. The van der Waals surface area contributed by atoms with Crippen LogP contribution in [0.2, 0.25) is 0 Å². The standard InChI is InChI=1S/C26H36N2O5/c1-5-16-27-26(30)24(6-2)28(19-20-9-7-10-23(18-20)32-4)25(29)11-8-17-33-22-14-12-21(31-3)13-15-22/h7,9-10,12-15,18,24H,5-6,8,11,16-17,19H2,1-4H3,(H,27,30)/t24-/m1/s1. The first-order valence-corrected chi connectivity index (χ1v) is 11.5. The van der Waals surface area contributed by atoms with E-state index in [-0.39, 0.29) is 18.2 Å². The minimum Gasteiger partial charge on any atom is -0.497 e. The van der Waals surface area contributed by atoms with Gasteiger partial charge in [-0.15, -0.1) is 0 Å². The minimum atomic E-state index is -0.530. The summed E-state index contributed by atoms with van der Waals surface area (Å²) in [5.41, 5.74) is 0.916. The quantitative estimate of drug-likeness (QED) is 0.431. The highest BCUT2D eigenvalue weighted by atomic mass is 16.5. The first-order valence-electron chi connectivity index (χ1n) is 11.5. The van der Waals surface area contributed by atoms with Gasteiger partial charge in [0.1, 0.15) is 23.3 Å². The van der Waals surface area contributed by atoms with Crippen molar-refractivity contribution in [1.82, 2.24) is 10.2 Å². The zero-order chi connectivity index (χ0) is 24.1. The highest BCUT2D eigenvalue weighted by Crippen LogP contribution is 2.19. The summed E-state index contributed by atoms with van der Waals surface area (Å²) in [4.78, 5) is 27.7. The largest absolute Gasteiger partial charge is 0.497 e. The van der Waals surface area contributed by atoms with Gasteiger partial charge >= 0.3 is 0 Å². The van der Waals surface area contributed by atoms with Crippen LogP contribution in [0.4, 0.5) is 0 Å². The Balaban J connectivity index is 2.04. The fourth-order valence-electron chi connectivity index (χ4n) is 3.48. The molecule has 0 saturated carbocycles. The summed E-state index contributed by atoms with van der Waals surface area (Å²) in [6.45, 7) is 5.27. The molecule has 1 N–H and O–H groups in total. The van der Waals surface area contributed by atoms with Crippen molar-refractivity contribution in [2.24, 2.45) is 0 Å². The van der Waals surface area contributed by atoms with Crippen molar-refractivity contribution in [3.63, 3.8) is 0 Å². The van der Waals surface area contributed by atoms with Crippen molar-refractivity contribution in [2.45, 2.75) is 52.1 Å². The molecule has 0 radical (unpaired) electrons. The molecule has 0 aliphatic rings. The molecule has 0 aliphatic carbocycles. The molecule has 0 aromatic heterocycles. The van der Waals surface area contributed by atoms with Crippen LogP contribution < -0.4 is 19.5 Å². The average Bonchev–Trinajstić information content (AvgIpc) is 2.85. The van der Waals surface area contributed by atoms with E-state index in [1.165, 1.54) is 0 Å². The van der Waals surface area contributed by atoms with E-state index in [1.54, 1.807) is 19.1 Å². The third-order valence-corrected chi connectivity index (χ3v) is 5.29. The summed E-state index contributed by atoms with van der Waals surface area (Å²) >= 11 is 0. The number of carbonyl (C=O) groups excluding carboxylic acids is 2. The van der Waals surface area contributed by atoms with Gasteiger partial charge in [-0.25, -0.2) is 0 Å². The summed E-state index contributed by atoms with van der Waals surface area (Å²) in [6, 6.07) is 14.4. The molecule has 0 spiro atoms. The summed E-state index contributed by atoms with van der Waals surface area (Å²) in [5, 5.41) is 2.93. The van der Waals surface area contributed by atoms with E-state index < -0.39 is 6.04 Å². The van der Waals surface area contributed by atoms with Gasteiger partial charge < -0.3 is 24.4 Å². The first kappa shape index (κ1) is 26.0. The minimum absolute atomic E-state index is 0.0744. The molecule has 2 aromatic carbocycles. The highest BCUT2D eigenvalue weighted by Gasteiger charge is 2.28. The maximum Gasteiger partial charge on any atom is 0.242 e. The normalized spacial score (nSPS) is 11.4. The zero-order valence-electron chi connectivity index (χ0n) is 20.1. The summed E-state index contributed by atoms with van der Waals surface area (Å²) in [5.74, 6) is 2.01. The van der Waals surface area contributed by atoms with Crippen molar-refractivity contribution in [3.05, 3.63) is 54.1 Å². The Hall–Kier alpha value is -3.22. The fraction of sp³-hybridized carbons (Fsp3) is 0.462. The van der Waals surface area contributed by atoms with E-state index in [0.29, 0.717) is 32.5 Å². The first-order chi connectivity index (χ1) is 16.0. The Morgan fingerprint density at radius 1 is 0.970 bits per heavy atom. The molecule has 0 heterocycles. The van der Waals surface area contributed by atoms with Crippen molar-refractivity contribution in [2.75, 3.05) is 27.4 Å². The number of hydrogen-bond acceptors (Lipinski definition) is 5. The van der Waals surface area contributed by atoms with E-state index in [1.807, 2.05) is 62.4 Å². The van der Waals surface area contributed by atoms with Crippen LogP contribution >= 0.6 is 0 Å². The molecule has 2 amide bonds. The van der Waals surface area contributed by atoms with Crippen molar-refractivity contribution in [1.29, 1.82) is 0 Å². The lowest BCUT2D eigenvalue weighted by Crippen LogP contribution is -2.49. The molecule has 1 atom stereocenters. The summed E-state index contributed by atoms with van der Waals surface area (Å²) < 4.78 is 16.2. The number of amides is 2. The molecule has 7 heteroatoms. The Morgan fingerprint density at radius 2 is 1.67 bits per heavy atom. The van der Waals surface area contributed by atoms with Gasteiger partial charge in [0, 0.05) is 19.5 Å². The van der Waals surface area contributed by atoms with E-state index in [0.717, 1.165) is 29.2 Å². The van der Waals surface area contributed by atoms with Gasteiger partial charge in [-0.05, 0) is 61.2 Å². The third kappa shape index (κ3) is 8.33. The SMILES string of the molecule is CCCNC(=O)[C@@H](CC)N(Cc1cccc(OC)c1)C(=O)CCCOc1ccc(OC)cc1. The molecule has 7 nitrogen and oxygen atoms in total. The number of hydrogen-bond donors (Lipinski definition) is 1. The molecule has 0 unspecified atom stereocenters. The lowest BCUT2D eigenvalue weighted by molar-refractivity contribution is -0.141. The van der Waals surface area contributed by atoms with Crippen LogP contribution in [0.5, 0.6) is 17.2 Å². The molecule has 2 rings (SSSR count). The van der Waals surface area contributed by atoms with Crippen LogP contribution in [0.1, 0.15) is 45.1 Å². The summed E-state index contributed by atoms with van der Waals surface area (Å²) in [7, 11) is 3.22. The molecule has 0 bridgehead atoms. The molecule has 0 aliphatic heterocycles. The van der Waals surface area contributed by atoms with Crippen molar-refractivity contribution >= 4 is 11.8 Å². The number of rotatable bonds is 14. The van der Waals surface area contributed by atoms with Crippen molar-refractivity contribution in [3.8, 4) is 17.2 Å². The lowest BCUT2D eigenvalue weighted by atomic mass is 10.1. The van der Waals surface area contributed by atoms with Crippen LogP contribution in [0.15, 0.2) is 48.5 Å². The van der Waals surface area contributed by atoms with Crippen LogP contribution in [0.25, 0.3) is 0 Å². The second-order valence-corrected chi connectivity index (χ2v) is 7.72. The number of carbonyl (C=O) groups is 2. The number of benzene rings is 2. The molecule has 180 valence electrons. The topological polar surface area (TPSA) is 77.1 Å². The monoisotopic (exact) mass is 456 g/mol. The van der Waals surface area contributed by atoms with Gasteiger partial charge in [-0.2, -0.15) is 0 Å². The van der Waals surface area contributed by atoms with Gasteiger partial charge in [0.25, 0.3) is 0 Å². The maximum atomic E-state index is 13.2. The van der Waals surface area contributed by atoms with Gasteiger partial charge in [0.15, 0.2) is 0 Å². The van der Waals surface area contributed by atoms with Crippen LogP contribution in [-0.4, -0.2) is 50.1 Å². The predicted octanol–water partition coefficient (Wildman–Crippen LogP) is 4.20. The van der Waals surface area contributed by atoms with Gasteiger partial charge in [-0.3, -0.25) is 9.59 Å². The summed E-state index contributed by atoms with van der Waals surface area (Å²) in [6.07, 6.45) is 2.21. The van der Waals surface area contributed by atoms with Crippen molar-refractivity contribution < 1.29 is 23.8 Å². The maximum absolute atomic E-state index is 13.2. The number of methoxy groups -OCH3 is 2. The molecular weight excluding hydrogens is 420 g/mol. The molecular formula is C26H36N2O5. The number of nitrogens with one attached hydrogen (secondary N) is 1. The van der Waals surface area contributed by atoms with Crippen LogP contribution in [-0.2, 0) is 16.1 Å². The Kier molecular flexibility index (Phi) is 11.1. The molecule has 33 heavy (non-hydrogen) atoms. The predicted molar refractivity (Wildman–Crippen MR) is 129 cm³/mol. The van der Waals surface area contributed by atoms with E-state index in [4.69, 9.17) is 14.2 Å². The van der Waals surface area contributed by atoms with Crippen LogP contribution in [0.3, 0.4) is 0 Å². The Morgan fingerprint density at radius 3 is 2.30 bits per heavy atom. The Labute approximate surface area is 197 Å². The van der Waals surface area contributed by atoms with Gasteiger partial charge in [-0.1, -0.05) is 26.0 Å². The lowest BCUT2D eigenvalue weighted by Gasteiger charge is -2.31. The molecule has 0 saturated heterocycles. The van der Waals surface area contributed by atoms with Crippen LogP contribution in [0, 0.1) is 0 Å². The smallest absolute Gasteiger partial charge is 0.242 e. The highest BCUT2D eigenvalue weighted by molar-refractivity contribution is 5.87. The Bertz CT molecular complexity index is 869. The van der Waals surface area contributed by atoms with E-state index in [2.05, 4.69) is 5.32 Å². The van der Waals surface area contributed by atoms with E-state index in [9.17, 15) is 9.59 Å². The average molecular weight is 457 g/mol. The van der Waals surface area contributed by atoms with Gasteiger partial charge in [0.2, 0.25) is 11.8 Å². The second kappa shape index (κ2) is 14.0. The van der Waals surface area contributed by atoms with Gasteiger partial charge in [0.05, 0.1) is 20.8 Å². The number of ether oxygens (including phenoxy) is 3. The van der Waals surface area contributed by atoms with E-state index >= 15 is 0 Å². The zero-order valence-corrected chi connectivity index (χ0v) is 20.1. The molecule has 0 fully saturated rings.